The van der Waals surface area contributed by atoms with E-state index in [1.54, 1.807) is 6.92 Å². The van der Waals surface area contributed by atoms with Crippen LogP contribution in [0.5, 0.6) is 0 Å². The maximum atomic E-state index is 12.5. The molecule has 1 aromatic heterocycles. The Hall–Kier alpha value is -2.02. The topological polar surface area (TPSA) is 42.0 Å². The summed E-state index contributed by atoms with van der Waals surface area (Å²) < 4.78 is 37.4. The van der Waals surface area contributed by atoms with E-state index in [0.29, 0.717) is 11.6 Å². The maximum Gasteiger partial charge on any atom is 0.417 e. The number of nitrogens with zero attached hydrogens (tertiary/aromatic N) is 1. The monoisotopic (exact) mass is 340 g/mol. The molecule has 0 aliphatic heterocycles. The zero-order valence-corrected chi connectivity index (χ0v) is 13.1. The lowest BCUT2D eigenvalue weighted by atomic mass is 10.2. The Kier molecular flexibility index (Phi) is 5.65. The van der Waals surface area contributed by atoms with Crippen molar-refractivity contribution < 1.29 is 18.0 Å². The molecule has 0 unspecified atom stereocenters. The lowest BCUT2D eigenvalue weighted by Gasteiger charge is -2.12. The average molecular weight is 340 g/mol. The number of hydrogen-bond acceptors (Lipinski definition) is 3. The van der Waals surface area contributed by atoms with E-state index in [1.807, 2.05) is 30.3 Å². The van der Waals surface area contributed by atoms with Crippen LogP contribution < -0.4 is 5.32 Å². The summed E-state index contributed by atoms with van der Waals surface area (Å²) in [5.74, 6) is -0.194. The number of hydrogen-bond donors (Lipinski definition) is 1. The number of aromatic nitrogens is 1. The second kappa shape index (κ2) is 7.50. The minimum absolute atomic E-state index is 0.194. The summed E-state index contributed by atoms with van der Waals surface area (Å²) in [6, 6.07) is 11.7. The fourth-order valence-corrected chi connectivity index (χ4v) is 2.59. The van der Waals surface area contributed by atoms with E-state index >= 15 is 0 Å². The normalized spacial score (nSPS) is 12.7. The minimum atomic E-state index is -4.41. The zero-order chi connectivity index (χ0) is 16.9. The molecule has 0 spiro atoms. The summed E-state index contributed by atoms with van der Waals surface area (Å²) >= 11 is 1.12. The van der Waals surface area contributed by atoms with Crippen LogP contribution in [0.25, 0.3) is 0 Å². The van der Waals surface area contributed by atoms with Crippen molar-refractivity contribution in [3.05, 3.63) is 59.8 Å². The van der Waals surface area contributed by atoms with Gasteiger partial charge in [0, 0.05) is 12.7 Å². The molecule has 0 bridgehead atoms. The van der Waals surface area contributed by atoms with Crippen molar-refractivity contribution in [2.45, 2.75) is 29.9 Å². The molecule has 122 valence electrons. The largest absolute Gasteiger partial charge is 0.417 e. The van der Waals surface area contributed by atoms with E-state index in [9.17, 15) is 18.0 Å². The summed E-state index contributed by atoms with van der Waals surface area (Å²) in [6.45, 7) is 2.09. The Morgan fingerprint density at radius 2 is 1.91 bits per heavy atom. The van der Waals surface area contributed by atoms with Gasteiger partial charge in [-0.15, -0.1) is 0 Å². The predicted octanol–water partition coefficient (Wildman–Crippen LogP) is 3.90. The van der Waals surface area contributed by atoms with Gasteiger partial charge in [-0.3, -0.25) is 4.79 Å². The number of halogens is 3. The molecule has 0 saturated heterocycles. The summed E-state index contributed by atoms with van der Waals surface area (Å²) in [5.41, 5.74) is 0.175. The highest BCUT2D eigenvalue weighted by Gasteiger charge is 2.30. The van der Waals surface area contributed by atoms with Crippen LogP contribution in [-0.4, -0.2) is 16.1 Å². The number of rotatable bonds is 5. The molecule has 0 saturated carbocycles. The Morgan fingerprint density at radius 3 is 2.48 bits per heavy atom. The van der Waals surface area contributed by atoms with Gasteiger partial charge in [-0.05, 0) is 24.6 Å². The van der Waals surface area contributed by atoms with Crippen LogP contribution in [0, 0.1) is 0 Å². The smallest absolute Gasteiger partial charge is 0.351 e. The molecule has 0 radical (unpaired) electrons. The van der Waals surface area contributed by atoms with E-state index in [4.69, 9.17) is 0 Å². The molecule has 1 aromatic carbocycles. The first kappa shape index (κ1) is 17.3. The number of carbonyl (C=O) groups excluding carboxylic acids is 1. The van der Waals surface area contributed by atoms with Gasteiger partial charge in [0.15, 0.2) is 0 Å². The quantitative estimate of drug-likeness (QED) is 0.840. The summed E-state index contributed by atoms with van der Waals surface area (Å²) in [5, 5.41) is 2.71. The summed E-state index contributed by atoms with van der Waals surface area (Å²) in [6.07, 6.45) is -3.63. The van der Waals surface area contributed by atoms with Gasteiger partial charge in [-0.2, -0.15) is 13.2 Å². The second-order valence-electron chi connectivity index (χ2n) is 4.85. The van der Waals surface area contributed by atoms with E-state index in [2.05, 4.69) is 10.3 Å². The molecule has 2 rings (SSSR count). The molecule has 1 amide bonds. The molecule has 0 fully saturated rings. The van der Waals surface area contributed by atoms with Gasteiger partial charge in [0.05, 0.1) is 15.8 Å². The number of benzene rings is 1. The highest BCUT2D eigenvalue weighted by Crippen LogP contribution is 2.30. The molecular weight excluding hydrogens is 325 g/mol. The molecule has 1 N–H and O–H groups in total. The summed E-state index contributed by atoms with van der Waals surface area (Å²) in [4.78, 5) is 15.8. The first-order valence-electron chi connectivity index (χ1n) is 6.88. The van der Waals surface area contributed by atoms with Gasteiger partial charge in [0.25, 0.3) is 0 Å². The Balaban J connectivity index is 1.88. The lowest BCUT2D eigenvalue weighted by Crippen LogP contribution is -2.30. The van der Waals surface area contributed by atoms with E-state index in [1.165, 1.54) is 6.07 Å². The van der Waals surface area contributed by atoms with Gasteiger partial charge >= 0.3 is 6.18 Å². The van der Waals surface area contributed by atoms with Crippen molar-refractivity contribution in [1.29, 1.82) is 0 Å². The van der Waals surface area contributed by atoms with Crippen LogP contribution >= 0.6 is 11.8 Å². The Morgan fingerprint density at radius 1 is 1.22 bits per heavy atom. The van der Waals surface area contributed by atoms with Gasteiger partial charge in [0.2, 0.25) is 5.91 Å². The fraction of sp³-hybridized carbons (Fsp3) is 0.250. The molecule has 23 heavy (non-hydrogen) atoms. The lowest BCUT2D eigenvalue weighted by molar-refractivity contribution is -0.137. The second-order valence-corrected chi connectivity index (χ2v) is 6.21. The zero-order valence-electron chi connectivity index (χ0n) is 12.3. The van der Waals surface area contributed by atoms with Crippen LogP contribution in [0.15, 0.2) is 53.7 Å². The van der Waals surface area contributed by atoms with Crippen LogP contribution in [0.3, 0.4) is 0 Å². The van der Waals surface area contributed by atoms with Crippen molar-refractivity contribution in [2.24, 2.45) is 0 Å². The van der Waals surface area contributed by atoms with Gasteiger partial charge in [0.1, 0.15) is 0 Å². The molecule has 1 atom stereocenters. The Bertz CT molecular complexity index is 645. The predicted molar refractivity (Wildman–Crippen MR) is 82.8 cm³/mol. The molecule has 3 nitrogen and oxygen atoms in total. The van der Waals surface area contributed by atoms with Gasteiger partial charge in [-0.1, -0.05) is 42.1 Å². The summed E-state index contributed by atoms with van der Waals surface area (Å²) in [7, 11) is 0. The number of alkyl halides is 3. The van der Waals surface area contributed by atoms with Crippen molar-refractivity contribution in [2.75, 3.05) is 0 Å². The van der Waals surface area contributed by atoms with E-state index < -0.39 is 17.0 Å². The van der Waals surface area contributed by atoms with Crippen LogP contribution in [0.2, 0.25) is 0 Å². The number of amides is 1. The third-order valence-corrected chi connectivity index (χ3v) is 4.09. The maximum absolute atomic E-state index is 12.5. The minimum Gasteiger partial charge on any atom is -0.351 e. The van der Waals surface area contributed by atoms with E-state index in [0.717, 1.165) is 29.6 Å². The number of carbonyl (C=O) groups is 1. The van der Waals surface area contributed by atoms with Crippen LogP contribution in [0.1, 0.15) is 18.1 Å². The molecular formula is C16H15F3N2OS. The third kappa shape index (κ3) is 5.28. The first-order chi connectivity index (χ1) is 10.9. The molecule has 7 heteroatoms. The highest BCUT2D eigenvalue weighted by molar-refractivity contribution is 8.00. The Labute approximate surface area is 136 Å². The molecule has 0 aliphatic rings. The van der Waals surface area contributed by atoms with Crippen LogP contribution in [0.4, 0.5) is 13.2 Å². The average Bonchev–Trinajstić information content (AvgIpc) is 2.53. The van der Waals surface area contributed by atoms with Crippen molar-refractivity contribution in [3.8, 4) is 0 Å². The molecule has 1 heterocycles. The first-order valence-corrected chi connectivity index (χ1v) is 7.76. The van der Waals surface area contributed by atoms with Gasteiger partial charge < -0.3 is 5.32 Å². The number of pyridine rings is 1. The number of nitrogens with one attached hydrogen (secondary N) is 1. The highest BCUT2D eigenvalue weighted by atomic mass is 32.2. The van der Waals surface area contributed by atoms with Gasteiger partial charge in [-0.25, -0.2) is 4.98 Å². The van der Waals surface area contributed by atoms with Crippen molar-refractivity contribution in [3.63, 3.8) is 0 Å². The van der Waals surface area contributed by atoms with Crippen molar-refractivity contribution >= 4 is 17.7 Å². The fourth-order valence-electron chi connectivity index (χ4n) is 1.78. The standard InChI is InChI=1S/C16H15F3N2OS/c1-11(15(22)21-9-12-5-3-2-4-6-12)23-14-8-7-13(10-20-14)16(17,18)19/h2-8,10-11H,9H2,1H3,(H,21,22)/t11-/m1/s1. The van der Waals surface area contributed by atoms with E-state index in [-0.39, 0.29) is 5.91 Å². The molecule has 0 aliphatic carbocycles. The third-order valence-electron chi connectivity index (χ3n) is 3.04. The number of thioether (sulfide) groups is 1. The van der Waals surface area contributed by atoms with Crippen LogP contribution in [-0.2, 0) is 17.5 Å². The molecule has 2 aromatic rings. The van der Waals surface area contributed by atoms with Crippen molar-refractivity contribution in [1.82, 2.24) is 10.3 Å². The SMILES string of the molecule is C[C@@H](Sc1ccc(C(F)(F)F)cn1)C(=O)NCc1ccccc1.